The summed E-state index contributed by atoms with van der Waals surface area (Å²) >= 11 is 11.6. The second-order valence-corrected chi connectivity index (χ2v) is 6.96. The zero-order valence-electron chi connectivity index (χ0n) is 5.89. The second kappa shape index (κ2) is 3.33. The standard InChI is InChI=1S/C7H4NS4/c9-12(10)7-8-5-3-1-2-4-6(5)11-7/h1-4H/q-1. The van der Waals surface area contributed by atoms with Crippen molar-refractivity contribution in [2.24, 2.45) is 0 Å². The molecule has 5 heteroatoms. The normalized spacial score (nSPS) is 11.1. The first-order valence-electron chi connectivity index (χ1n) is 3.22. The van der Waals surface area contributed by atoms with E-state index in [2.05, 4.69) is 4.98 Å². The van der Waals surface area contributed by atoms with Crippen LogP contribution in [0.25, 0.3) is 10.2 Å². The Morgan fingerprint density at radius 3 is 2.67 bits per heavy atom. The van der Waals surface area contributed by atoms with Gasteiger partial charge in [-0.05, 0) is 12.1 Å². The highest BCUT2D eigenvalue weighted by Crippen LogP contribution is 2.22. The lowest BCUT2D eigenvalue weighted by Crippen LogP contribution is -1.71. The van der Waals surface area contributed by atoms with Crippen LogP contribution in [0.4, 0.5) is 0 Å². The molecular weight excluding hydrogens is 226 g/mol. The molecule has 0 atom stereocenters. The predicted octanol–water partition coefficient (Wildman–Crippen LogP) is 2.20. The average molecular weight is 230 g/mol. The summed E-state index contributed by atoms with van der Waals surface area (Å²) in [7, 11) is -0.538. The summed E-state index contributed by atoms with van der Waals surface area (Å²) < 4.78 is 2.06. The fourth-order valence-electron chi connectivity index (χ4n) is 0.922. The van der Waals surface area contributed by atoms with Gasteiger partial charge in [-0.15, -0.1) is 11.3 Å². The lowest BCUT2D eigenvalue weighted by Gasteiger charge is -1.91. The molecule has 0 aliphatic heterocycles. The molecule has 62 valence electrons. The van der Waals surface area contributed by atoms with Gasteiger partial charge in [0.1, 0.15) is 0 Å². The zero-order valence-corrected chi connectivity index (χ0v) is 9.16. The highest BCUT2D eigenvalue weighted by Gasteiger charge is 1.94. The van der Waals surface area contributed by atoms with Gasteiger partial charge in [0.15, 0.2) is 0 Å². The van der Waals surface area contributed by atoms with E-state index in [0.29, 0.717) is 0 Å². The minimum atomic E-state index is -0.538. The number of benzene rings is 1. The molecule has 0 radical (unpaired) electrons. The van der Waals surface area contributed by atoms with Gasteiger partial charge in [0.25, 0.3) is 0 Å². The Balaban J connectivity index is 2.78. The zero-order chi connectivity index (χ0) is 8.55. The van der Waals surface area contributed by atoms with Crippen LogP contribution < -0.4 is 0 Å². The quantitative estimate of drug-likeness (QED) is 0.697. The van der Waals surface area contributed by atoms with E-state index in [-0.39, 0.29) is 0 Å². The van der Waals surface area contributed by atoms with E-state index < -0.39 is 8.01 Å². The van der Waals surface area contributed by atoms with E-state index in [1.807, 2.05) is 24.3 Å². The molecule has 0 amide bonds. The summed E-state index contributed by atoms with van der Waals surface area (Å²) in [5.41, 5.74) is 1.00. The van der Waals surface area contributed by atoms with Crippen molar-refractivity contribution in [2.45, 2.75) is 4.34 Å². The van der Waals surface area contributed by atoms with Gasteiger partial charge in [0.2, 0.25) is 0 Å². The van der Waals surface area contributed by atoms with E-state index in [9.17, 15) is 0 Å². The van der Waals surface area contributed by atoms with Crippen molar-refractivity contribution in [1.29, 1.82) is 0 Å². The van der Waals surface area contributed by atoms with Gasteiger partial charge in [0.05, 0.1) is 10.2 Å². The number of hydrogen-bond donors (Lipinski definition) is 0. The maximum Gasteiger partial charge on any atom is 0.0792 e. The maximum absolute atomic E-state index is 4.98. The van der Waals surface area contributed by atoms with Crippen molar-refractivity contribution in [1.82, 2.24) is 4.98 Å². The molecule has 1 nitrogen and oxygen atoms in total. The van der Waals surface area contributed by atoms with Crippen LogP contribution in [0.15, 0.2) is 28.6 Å². The van der Waals surface area contributed by atoms with Crippen molar-refractivity contribution in [3.05, 3.63) is 24.3 Å². The van der Waals surface area contributed by atoms with Crippen molar-refractivity contribution in [3.63, 3.8) is 0 Å². The number of thiazole rings is 1. The largest absolute Gasteiger partial charge is 0.292 e. The minimum Gasteiger partial charge on any atom is -0.292 e. The lowest BCUT2D eigenvalue weighted by atomic mass is 10.3. The fourth-order valence-corrected chi connectivity index (χ4v) is 3.17. The molecule has 1 aromatic carbocycles. The SMILES string of the molecule is S=[S-](=S)c1nc2ccccc2s1. The Kier molecular flexibility index (Phi) is 2.36. The number of aromatic nitrogens is 1. The first kappa shape index (κ1) is 8.50. The highest BCUT2D eigenvalue weighted by molar-refractivity contribution is 8.47. The monoisotopic (exact) mass is 230 g/mol. The maximum atomic E-state index is 4.98. The van der Waals surface area contributed by atoms with E-state index in [1.165, 1.54) is 4.70 Å². The molecule has 1 aromatic heterocycles. The summed E-state index contributed by atoms with van der Waals surface area (Å²) in [6.07, 6.45) is 0. The van der Waals surface area contributed by atoms with E-state index in [1.54, 1.807) is 11.3 Å². The van der Waals surface area contributed by atoms with Gasteiger partial charge in [-0.2, -0.15) is 0 Å². The fraction of sp³-hybridized carbons (Fsp3) is 0. The molecule has 0 saturated carbocycles. The van der Waals surface area contributed by atoms with Crippen molar-refractivity contribution in [2.75, 3.05) is 0 Å². The Morgan fingerprint density at radius 1 is 1.25 bits per heavy atom. The summed E-state index contributed by atoms with van der Waals surface area (Å²) in [5.74, 6) is 0. The molecule has 12 heavy (non-hydrogen) atoms. The van der Waals surface area contributed by atoms with Gasteiger partial charge in [-0.1, -0.05) is 12.1 Å². The molecular formula is C7H4NS4-. The molecule has 2 aromatic rings. The van der Waals surface area contributed by atoms with Crippen LogP contribution in [0.1, 0.15) is 0 Å². The Morgan fingerprint density at radius 2 is 2.00 bits per heavy atom. The number of fused-ring (bicyclic) bond motifs is 1. The third-order valence-electron chi connectivity index (χ3n) is 1.42. The molecule has 1 heterocycles. The van der Waals surface area contributed by atoms with E-state index in [0.717, 1.165) is 9.86 Å². The molecule has 0 spiro atoms. The molecule has 0 aliphatic rings. The van der Waals surface area contributed by atoms with Crippen LogP contribution in [-0.2, 0) is 30.4 Å². The van der Waals surface area contributed by atoms with Crippen LogP contribution in [-0.4, -0.2) is 4.98 Å². The molecule has 0 N–H and O–H groups in total. The van der Waals surface area contributed by atoms with Crippen molar-refractivity contribution < 1.29 is 0 Å². The third-order valence-corrected chi connectivity index (χ3v) is 4.95. The van der Waals surface area contributed by atoms with Crippen LogP contribution in [0, 0.1) is 0 Å². The molecule has 0 saturated heterocycles. The van der Waals surface area contributed by atoms with Crippen molar-refractivity contribution in [3.8, 4) is 0 Å². The summed E-state index contributed by atoms with van der Waals surface area (Å²) in [6, 6.07) is 7.98. The Hall–Kier alpha value is -0.100. The lowest BCUT2D eigenvalue weighted by molar-refractivity contribution is 1.31. The van der Waals surface area contributed by atoms with Gasteiger partial charge in [-0.25, -0.2) is 0 Å². The van der Waals surface area contributed by atoms with Crippen LogP contribution in [0.5, 0.6) is 0 Å². The Labute approximate surface area is 85.3 Å². The second-order valence-electron chi connectivity index (χ2n) is 2.18. The molecule has 0 unspecified atom stereocenters. The van der Waals surface area contributed by atoms with Crippen LogP contribution >= 0.6 is 11.3 Å². The van der Waals surface area contributed by atoms with Gasteiger partial charge in [-0.3, -0.25) is 35.4 Å². The topological polar surface area (TPSA) is 12.9 Å². The summed E-state index contributed by atoms with van der Waals surface area (Å²) in [4.78, 5) is 4.33. The molecule has 0 aliphatic carbocycles. The molecule has 0 bridgehead atoms. The molecule has 2 rings (SSSR count). The summed E-state index contributed by atoms with van der Waals surface area (Å²) in [6.45, 7) is 0. The third kappa shape index (κ3) is 1.50. The first-order valence-corrected chi connectivity index (χ1v) is 7.11. The molecule has 0 fully saturated rings. The minimum absolute atomic E-state index is 0.538. The first-order chi connectivity index (χ1) is 5.77. The number of nitrogens with zero attached hydrogens (tertiary/aromatic N) is 1. The Bertz CT molecular complexity index is 442. The van der Waals surface area contributed by atoms with Gasteiger partial charge < -0.3 is 0 Å². The number of para-hydroxylation sites is 1. The number of rotatable bonds is 1. The predicted molar refractivity (Wildman–Crippen MR) is 60.0 cm³/mol. The van der Waals surface area contributed by atoms with Crippen molar-refractivity contribution >= 4 is 51.9 Å². The van der Waals surface area contributed by atoms with Gasteiger partial charge >= 0.3 is 0 Å². The van der Waals surface area contributed by atoms with E-state index >= 15 is 0 Å². The van der Waals surface area contributed by atoms with Crippen LogP contribution in [0.3, 0.4) is 0 Å². The number of hydrogen-bond acceptors (Lipinski definition) is 5. The highest BCUT2D eigenvalue weighted by atomic mass is 33.1. The smallest absolute Gasteiger partial charge is 0.0792 e. The van der Waals surface area contributed by atoms with E-state index in [4.69, 9.17) is 22.4 Å². The average Bonchev–Trinajstić information content (AvgIpc) is 2.46. The van der Waals surface area contributed by atoms with Crippen LogP contribution in [0.2, 0.25) is 0 Å². The van der Waals surface area contributed by atoms with Gasteiger partial charge in [0, 0.05) is 4.34 Å². The summed E-state index contributed by atoms with van der Waals surface area (Å²) in [5, 5.41) is 0.